The van der Waals surface area contributed by atoms with Crippen molar-refractivity contribution < 1.29 is 18.0 Å². The van der Waals surface area contributed by atoms with E-state index >= 15 is 0 Å². The van der Waals surface area contributed by atoms with Crippen molar-refractivity contribution in [2.24, 2.45) is 0 Å². The van der Waals surface area contributed by atoms with Crippen LogP contribution in [0.4, 0.5) is 18.9 Å². The Labute approximate surface area is 123 Å². The fourth-order valence-electron chi connectivity index (χ4n) is 1.76. The number of halogens is 3. The van der Waals surface area contributed by atoms with Crippen molar-refractivity contribution in [2.45, 2.75) is 39.4 Å². The van der Waals surface area contributed by atoms with Gasteiger partial charge >= 0.3 is 6.18 Å². The van der Waals surface area contributed by atoms with Crippen LogP contribution >= 0.6 is 0 Å². The molecule has 0 aliphatic carbocycles. The molecule has 0 aliphatic heterocycles. The molecule has 3 nitrogen and oxygen atoms in total. The molecule has 1 N–H and O–H groups in total. The van der Waals surface area contributed by atoms with Crippen molar-refractivity contribution in [3.8, 4) is 0 Å². The zero-order valence-electron chi connectivity index (χ0n) is 12.7. The molecule has 21 heavy (non-hydrogen) atoms. The number of hydrogen-bond acceptors (Lipinski definition) is 2. The van der Waals surface area contributed by atoms with Gasteiger partial charge in [0.2, 0.25) is 0 Å². The lowest BCUT2D eigenvalue weighted by atomic mass is 10.1. The highest BCUT2D eigenvalue weighted by Gasteiger charge is 2.34. The van der Waals surface area contributed by atoms with Crippen LogP contribution in [0.2, 0.25) is 0 Å². The monoisotopic (exact) mass is 302 g/mol. The van der Waals surface area contributed by atoms with Crippen LogP contribution in [0.15, 0.2) is 18.2 Å². The Morgan fingerprint density at radius 2 is 1.95 bits per heavy atom. The molecule has 0 saturated carbocycles. The molecule has 0 atom stereocenters. The van der Waals surface area contributed by atoms with Crippen LogP contribution in [0.25, 0.3) is 0 Å². The smallest absolute Gasteiger partial charge is 0.385 e. The largest absolute Gasteiger partial charge is 0.418 e. The maximum absolute atomic E-state index is 13.1. The number of hydrogen-bond donors (Lipinski definition) is 1. The van der Waals surface area contributed by atoms with Crippen LogP contribution in [0.1, 0.15) is 43.1 Å². The maximum Gasteiger partial charge on any atom is 0.418 e. The van der Waals surface area contributed by atoms with Crippen LogP contribution in [0.3, 0.4) is 0 Å². The first-order valence-corrected chi connectivity index (χ1v) is 6.90. The van der Waals surface area contributed by atoms with Crippen molar-refractivity contribution >= 4 is 11.6 Å². The Morgan fingerprint density at radius 3 is 2.43 bits per heavy atom. The molecule has 0 unspecified atom stereocenters. The third-order valence-corrected chi connectivity index (χ3v) is 3.23. The summed E-state index contributed by atoms with van der Waals surface area (Å²) in [5.41, 5.74) is -0.757. The van der Waals surface area contributed by atoms with Crippen molar-refractivity contribution in [2.75, 3.05) is 18.9 Å². The van der Waals surface area contributed by atoms with E-state index < -0.39 is 17.6 Å². The minimum atomic E-state index is -4.50. The summed E-state index contributed by atoms with van der Waals surface area (Å²) in [6.07, 6.45) is -3.78. The summed E-state index contributed by atoms with van der Waals surface area (Å²) in [6.45, 7) is 5.93. The van der Waals surface area contributed by atoms with Crippen LogP contribution in [-0.4, -0.2) is 30.4 Å². The lowest BCUT2D eigenvalue weighted by Crippen LogP contribution is -2.33. The van der Waals surface area contributed by atoms with Crippen LogP contribution in [0.5, 0.6) is 0 Å². The van der Waals surface area contributed by atoms with E-state index in [1.807, 2.05) is 6.92 Å². The van der Waals surface area contributed by atoms with Crippen molar-refractivity contribution in [1.82, 2.24) is 4.90 Å². The van der Waals surface area contributed by atoms with Gasteiger partial charge in [0.25, 0.3) is 5.91 Å². The van der Waals surface area contributed by atoms with E-state index in [9.17, 15) is 18.0 Å². The van der Waals surface area contributed by atoms with Gasteiger partial charge in [-0.25, -0.2) is 0 Å². The standard InChI is InChI=1S/C15H21F3N2O/c1-5-8-19-13-7-6-11(9-12(13)15(16,17)18)14(21)20(4)10(2)3/h6-7,9-10,19H,5,8H2,1-4H3. The molecule has 0 bridgehead atoms. The number of nitrogens with one attached hydrogen (secondary N) is 1. The second-order valence-electron chi connectivity index (χ2n) is 5.19. The summed E-state index contributed by atoms with van der Waals surface area (Å²) < 4.78 is 39.3. The summed E-state index contributed by atoms with van der Waals surface area (Å²) in [5.74, 6) is -0.419. The third-order valence-electron chi connectivity index (χ3n) is 3.23. The first-order valence-electron chi connectivity index (χ1n) is 6.90. The molecule has 0 aromatic heterocycles. The van der Waals surface area contributed by atoms with Gasteiger partial charge in [-0.05, 0) is 38.5 Å². The number of benzene rings is 1. The van der Waals surface area contributed by atoms with Gasteiger partial charge < -0.3 is 10.2 Å². The number of amides is 1. The topological polar surface area (TPSA) is 32.3 Å². The molecule has 1 aromatic rings. The Hall–Kier alpha value is -1.72. The van der Waals surface area contributed by atoms with Gasteiger partial charge in [-0.15, -0.1) is 0 Å². The van der Waals surface area contributed by atoms with E-state index in [0.717, 1.165) is 6.07 Å². The number of carbonyl (C=O) groups excluding carboxylic acids is 1. The normalized spacial score (nSPS) is 11.6. The summed E-state index contributed by atoms with van der Waals surface area (Å²) in [4.78, 5) is 13.5. The van der Waals surface area contributed by atoms with Gasteiger partial charge in [-0.3, -0.25) is 4.79 Å². The molecule has 1 rings (SSSR count). The van der Waals surface area contributed by atoms with E-state index in [4.69, 9.17) is 0 Å². The molecule has 0 heterocycles. The fraction of sp³-hybridized carbons (Fsp3) is 0.533. The Morgan fingerprint density at radius 1 is 1.33 bits per heavy atom. The molecule has 0 spiro atoms. The van der Waals surface area contributed by atoms with Crippen LogP contribution in [-0.2, 0) is 6.18 Å². The average Bonchev–Trinajstić information content (AvgIpc) is 2.42. The summed E-state index contributed by atoms with van der Waals surface area (Å²) in [5, 5.41) is 2.74. The zero-order chi connectivity index (χ0) is 16.2. The number of nitrogens with zero attached hydrogens (tertiary/aromatic N) is 1. The maximum atomic E-state index is 13.1. The van der Waals surface area contributed by atoms with E-state index in [2.05, 4.69) is 5.32 Å². The van der Waals surface area contributed by atoms with Crippen molar-refractivity contribution in [3.63, 3.8) is 0 Å². The van der Waals surface area contributed by atoms with Gasteiger partial charge in [0.15, 0.2) is 0 Å². The Balaban J connectivity index is 3.18. The lowest BCUT2D eigenvalue weighted by Gasteiger charge is -2.22. The molecule has 0 aliphatic rings. The predicted octanol–water partition coefficient (Wildman–Crippen LogP) is 4.01. The summed E-state index contributed by atoms with van der Waals surface area (Å²) in [6, 6.07) is 3.58. The highest BCUT2D eigenvalue weighted by molar-refractivity contribution is 5.95. The Kier molecular flexibility index (Phi) is 5.63. The quantitative estimate of drug-likeness (QED) is 0.891. The zero-order valence-corrected chi connectivity index (χ0v) is 12.7. The minimum Gasteiger partial charge on any atom is -0.385 e. The summed E-state index contributed by atoms with van der Waals surface area (Å²) in [7, 11) is 1.57. The van der Waals surface area contributed by atoms with Crippen LogP contribution < -0.4 is 5.32 Å². The van der Waals surface area contributed by atoms with E-state index in [-0.39, 0.29) is 17.3 Å². The van der Waals surface area contributed by atoms with Gasteiger partial charge in [-0.1, -0.05) is 6.92 Å². The van der Waals surface area contributed by atoms with Crippen LogP contribution in [0, 0.1) is 0 Å². The van der Waals surface area contributed by atoms with E-state index in [1.165, 1.54) is 17.0 Å². The molecular weight excluding hydrogens is 281 g/mol. The summed E-state index contributed by atoms with van der Waals surface area (Å²) >= 11 is 0. The first kappa shape index (κ1) is 17.3. The first-order chi connectivity index (χ1) is 9.68. The molecule has 1 amide bonds. The van der Waals surface area contributed by atoms with Gasteiger partial charge in [0.05, 0.1) is 5.56 Å². The minimum absolute atomic E-state index is 0.00750. The molecule has 118 valence electrons. The highest BCUT2D eigenvalue weighted by atomic mass is 19.4. The predicted molar refractivity (Wildman–Crippen MR) is 77.5 cm³/mol. The van der Waals surface area contributed by atoms with E-state index in [0.29, 0.717) is 13.0 Å². The number of anilines is 1. The lowest BCUT2D eigenvalue weighted by molar-refractivity contribution is -0.137. The Bertz CT molecular complexity index is 498. The van der Waals surface area contributed by atoms with Gasteiger partial charge in [-0.2, -0.15) is 13.2 Å². The molecule has 6 heteroatoms. The number of alkyl halides is 3. The second-order valence-corrected chi connectivity index (χ2v) is 5.19. The fourth-order valence-corrected chi connectivity index (χ4v) is 1.76. The second kappa shape index (κ2) is 6.83. The number of rotatable bonds is 5. The molecule has 0 fully saturated rings. The molecule has 1 aromatic carbocycles. The van der Waals surface area contributed by atoms with Gasteiger partial charge in [0.1, 0.15) is 0 Å². The van der Waals surface area contributed by atoms with Gasteiger partial charge in [0, 0.05) is 30.9 Å². The molecule has 0 saturated heterocycles. The average molecular weight is 302 g/mol. The molecule has 0 radical (unpaired) electrons. The van der Waals surface area contributed by atoms with Crippen molar-refractivity contribution in [1.29, 1.82) is 0 Å². The van der Waals surface area contributed by atoms with E-state index in [1.54, 1.807) is 20.9 Å². The SMILES string of the molecule is CCCNc1ccc(C(=O)N(C)C(C)C)cc1C(F)(F)F. The molecular formula is C15H21F3N2O. The third kappa shape index (κ3) is 4.37. The number of carbonyl (C=O) groups is 1. The highest BCUT2D eigenvalue weighted by Crippen LogP contribution is 2.35. The van der Waals surface area contributed by atoms with Crippen molar-refractivity contribution in [3.05, 3.63) is 29.3 Å².